The van der Waals surface area contributed by atoms with Crippen LogP contribution in [0, 0.1) is 5.92 Å². The van der Waals surface area contributed by atoms with Crippen molar-refractivity contribution in [3.05, 3.63) is 70.5 Å². The van der Waals surface area contributed by atoms with Crippen molar-refractivity contribution in [3.63, 3.8) is 0 Å². The number of esters is 1. The summed E-state index contributed by atoms with van der Waals surface area (Å²) in [6.07, 6.45) is 0.648. The summed E-state index contributed by atoms with van der Waals surface area (Å²) in [6.45, 7) is 4.12. The van der Waals surface area contributed by atoms with E-state index < -0.39 is 5.97 Å². The molecule has 0 fully saturated rings. The van der Waals surface area contributed by atoms with Crippen LogP contribution in [0.2, 0.25) is 5.02 Å². The van der Waals surface area contributed by atoms with Crippen molar-refractivity contribution >= 4 is 46.8 Å². The maximum absolute atomic E-state index is 12.9. The number of hydrogen-bond acceptors (Lipinski definition) is 7. The Labute approximate surface area is 219 Å². The molecule has 0 aliphatic carbocycles. The highest BCUT2D eigenvalue weighted by Crippen LogP contribution is 2.25. The summed E-state index contributed by atoms with van der Waals surface area (Å²) in [5.41, 5.74) is 1.35. The van der Waals surface area contributed by atoms with E-state index in [1.54, 1.807) is 60.1 Å². The molecule has 0 aliphatic heterocycles. The van der Waals surface area contributed by atoms with Gasteiger partial charge in [0.25, 0.3) is 5.91 Å². The second-order valence-corrected chi connectivity index (χ2v) is 9.79. The van der Waals surface area contributed by atoms with Gasteiger partial charge < -0.3 is 19.9 Å². The van der Waals surface area contributed by atoms with E-state index >= 15 is 0 Å². The number of hydrogen-bond donors (Lipinski definition) is 2. The van der Waals surface area contributed by atoms with Gasteiger partial charge in [0.1, 0.15) is 0 Å². The zero-order valence-electron chi connectivity index (χ0n) is 20.4. The summed E-state index contributed by atoms with van der Waals surface area (Å²) in [7, 11) is 3.11. The van der Waals surface area contributed by atoms with Crippen molar-refractivity contribution in [3.8, 4) is 0 Å². The average molecular weight is 530 g/mol. The summed E-state index contributed by atoms with van der Waals surface area (Å²) in [5, 5.41) is 15.3. The molecule has 0 aliphatic rings. The maximum atomic E-state index is 12.9. The number of anilines is 1. The molecule has 0 unspecified atom stereocenters. The predicted octanol–water partition coefficient (Wildman–Crippen LogP) is 4.50. The largest absolute Gasteiger partial charge is 0.465 e. The number of nitrogens with one attached hydrogen (secondary N) is 2. The van der Waals surface area contributed by atoms with Gasteiger partial charge in [-0.05, 0) is 48.7 Å². The van der Waals surface area contributed by atoms with Crippen LogP contribution >= 0.6 is 23.4 Å². The Morgan fingerprint density at radius 1 is 1.08 bits per heavy atom. The minimum atomic E-state index is -0.444. The van der Waals surface area contributed by atoms with E-state index in [1.165, 1.54) is 18.9 Å². The lowest BCUT2D eigenvalue weighted by Gasteiger charge is -2.20. The quantitative estimate of drug-likeness (QED) is 0.293. The van der Waals surface area contributed by atoms with Gasteiger partial charge in [-0.1, -0.05) is 49.3 Å². The molecule has 0 bridgehead atoms. The van der Waals surface area contributed by atoms with E-state index in [0.29, 0.717) is 39.2 Å². The molecule has 190 valence electrons. The number of ether oxygens (including phenoxy) is 1. The Morgan fingerprint density at radius 3 is 2.42 bits per heavy atom. The third-order valence-electron chi connectivity index (χ3n) is 5.23. The van der Waals surface area contributed by atoms with Crippen LogP contribution in [-0.2, 0) is 16.6 Å². The first-order chi connectivity index (χ1) is 17.2. The molecule has 11 heteroatoms. The van der Waals surface area contributed by atoms with Gasteiger partial charge in [-0.3, -0.25) is 9.59 Å². The Morgan fingerprint density at radius 2 is 1.78 bits per heavy atom. The van der Waals surface area contributed by atoms with Crippen LogP contribution in [0.3, 0.4) is 0 Å². The van der Waals surface area contributed by atoms with Crippen LogP contribution in [0.25, 0.3) is 0 Å². The molecule has 1 heterocycles. The van der Waals surface area contributed by atoms with Crippen LogP contribution in [0.4, 0.5) is 5.69 Å². The molecular formula is C25H28ClN5O4S. The third kappa shape index (κ3) is 7.08. The molecule has 1 atom stereocenters. The molecule has 3 rings (SSSR count). The molecule has 0 saturated carbocycles. The molecular weight excluding hydrogens is 502 g/mol. The highest BCUT2D eigenvalue weighted by molar-refractivity contribution is 7.99. The number of aromatic nitrogens is 3. The first-order valence-corrected chi connectivity index (χ1v) is 12.6. The summed E-state index contributed by atoms with van der Waals surface area (Å²) in [6, 6.07) is 12.9. The van der Waals surface area contributed by atoms with Crippen molar-refractivity contribution in [1.82, 2.24) is 20.1 Å². The van der Waals surface area contributed by atoms with Crippen molar-refractivity contribution in [2.24, 2.45) is 13.0 Å². The maximum Gasteiger partial charge on any atom is 0.337 e. The van der Waals surface area contributed by atoms with Crippen LogP contribution in [0.15, 0.2) is 53.7 Å². The van der Waals surface area contributed by atoms with Crippen LogP contribution < -0.4 is 10.6 Å². The summed E-state index contributed by atoms with van der Waals surface area (Å²) in [5.74, 6) is 0.00424. The second kappa shape index (κ2) is 12.5. The molecule has 9 nitrogen and oxygen atoms in total. The first-order valence-electron chi connectivity index (χ1n) is 11.2. The monoisotopic (exact) mass is 529 g/mol. The average Bonchev–Trinajstić information content (AvgIpc) is 3.22. The Hall–Kier alpha value is -3.37. The second-order valence-electron chi connectivity index (χ2n) is 8.44. The molecule has 3 aromatic rings. The van der Waals surface area contributed by atoms with Gasteiger partial charge in [0, 0.05) is 12.7 Å². The van der Waals surface area contributed by atoms with Gasteiger partial charge in [-0.25, -0.2) is 4.79 Å². The fourth-order valence-corrected chi connectivity index (χ4v) is 4.41. The van der Waals surface area contributed by atoms with Crippen molar-refractivity contribution < 1.29 is 19.1 Å². The lowest BCUT2D eigenvalue weighted by Crippen LogP contribution is -2.31. The van der Waals surface area contributed by atoms with Crippen molar-refractivity contribution in [1.29, 1.82) is 0 Å². The number of carbonyl (C=O) groups is 3. The fraction of sp³-hybridized carbons (Fsp3) is 0.320. The van der Waals surface area contributed by atoms with E-state index in [9.17, 15) is 14.4 Å². The number of rotatable bonds is 10. The van der Waals surface area contributed by atoms with E-state index in [0.717, 1.165) is 0 Å². The molecule has 2 amide bonds. The Bertz CT molecular complexity index is 1230. The van der Waals surface area contributed by atoms with Gasteiger partial charge in [-0.2, -0.15) is 0 Å². The number of amides is 2. The number of methoxy groups -OCH3 is 1. The van der Waals surface area contributed by atoms with Gasteiger partial charge in [0.05, 0.1) is 35.1 Å². The highest BCUT2D eigenvalue weighted by Gasteiger charge is 2.24. The van der Waals surface area contributed by atoms with Gasteiger partial charge in [-0.15, -0.1) is 10.2 Å². The normalized spacial score (nSPS) is 11.7. The molecule has 2 aromatic carbocycles. The summed E-state index contributed by atoms with van der Waals surface area (Å²) < 4.78 is 6.45. The molecule has 0 saturated heterocycles. The van der Waals surface area contributed by atoms with E-state index in [2.05, 4.69) is 39.4 Å². The molecule has 36 heavy (non-hydrogen) atoms. The topological polar surface area (TPSA) is 115 Å². The molecule has 2 N–H and O–H groups in total. The number of carbonyl (C=O) groups excluding carboxylic acids is 3. The SMILES string of the molecule is COC(=O)c1ccc(NC(=O)CSc2nnc([C@@H](CC(C)C)NC(=O)c3ccccc3Cl)n2C)cc1. The van der Waals surface area contributed by atoms with Crippen LogP contribution in [-0.4, -0.2) is 45.4 Å². The van der Waals surface area contributed by atoms with E-state index in [4.69, 9.17) is 11.6 Å². The number of halogens is 1. The molecule has 1 aromatic heterocycles. The third-order valence-corrected chi connectivity index (χ3v) is 6.58. The predicted molar refractivity (Wildman–Crippen MR) is 139 cm³/mol. The van der Waals surface area contributed by atoms with Crippen molar-refractivity contribution in [2.75, 3.05) is 18.2 Å². The zero-order chi connectivity index (χ0) is 26.2. The standard InChI is InChI=1S/C25H28ClN5O4S/c1-15(2)13-20(28-23(33)18-7-5-6-8-19(18)26)22-29-30-25(31(22)3)36-14-21(32)27-17-11-9-16(10-12-17)24(34)35-4/h5-12,15,20H,13-14H2,1-4H3,(H,27,32)(H,28,33)/t20-/m1/s1. The Balaban J connectivity index is 1.65. The van der Waals surface area contributed by atoms with Crippen LogP contribution in [0.1, 0.15) is 52.9 Å². The zero-order valence-corrected chi connectivity index (χ0v) is 22.0. The van der Waals surface area contributed by atoms with Crippen LogP contribution in [0.5, 0.6) is 0 Å². The van der Waals surface area contributed by atoms with E-state index in [1.807, 2.05) is 0 Å². The van der Waals surface area contributed by atoms with Gasteiger partial charge in [0.2, 0.25) is 5.91 Å². The molecule has 0 spiro atoms. The first kappa shape index (κ1) is 27.2. The number of thioether (sulfide) groups is 1. The van der Waals surface area contributed by atoms with Gasteiger partial charge >= 0.3 is 5.97 Å². The smallest absolute Gasteiger partial charge is 0.337 e. The highest BCUT2D eigenvalue weighted by atomic mass is 35.5. The lowest BCUT2D eigenvalue weighted by molar-refractivity contribution is -0.113. The Kier molecular flexibility index (Phi) is 9.49. The molecule has 0 radical (unpaired) electrons. The number of nitrogens with zero attached hydrogens (tertiary/aromatic N) is 3. The fourth-order valence-electron chi connectivity index (χ4n) is 3.47. The summed E-state index contributed by atoms with van der Waals surface area (Å²) in [4.78, 5) is 36.9. The minimum Gasteiger partial charge on any atom is -0.465 e. The number of benzene rings is 2. The minimum absolute atomic E-state index is 0.103. The summed E-state index contributed by atoms with van der Waals surface area (Å²) >= 11 is 7.42. The van der Waals surface area contributed by atoms with Gasteiger partial charge in [0.15, 0.2) is 11.0 Å². The van der Waals surface area contributed by atoms with Crippen molar-refractivity contribution in [2.45, 2.75) is 31.5 Å². The lowest BCUT2D eigenvalue weighted by atomic mass is 10.0. The van der Waals surface area contributed by atoms with E-state index in [-0.39, 0.29) is 29.5 Å².